The fraction of sp³-hybridized carbons (Fsp3) is 0.533. The van der Waals surface area contributed by atoms with E-state index in [1.807, 2.05) is 6.07 Å². The van der Waals surface area contributed by atoms with E-state index in [1.165, 1.54) is 5.56 Å². The van der Waals surface area contributed by atoms with Gasteiger partial charge in [-0.3, -0.25) is 0 Å². The first-order chi connectivity index (χ1) is 9.15. The molecule has 0 aromatic heterocycles. The number of hydrogen-bond donors (Lipinski definition) is 2. The van der Waals surface area contributed by atoms with Gasteiger partial charge in [0.1, 0.15) is 0 Å². The van der Waals surface area contributed by atoms with Gasteiger partial charge < -0.3 is 15.4 Å². The molecule has 0 spiro atoms. The summed E-state index contributed by atoms with van der Waals surface area (Å²) >= 11 is 5.30. The number of anilines is 1. The zero-order valence-corrected chi connectivity index (χ0v) is 12.4. The van der Waals surface area contributed by atoms with Crippen molar-refractivity contribution in [2.75, 3.05) is 18.5 Å². The molecule has 0 saturated carbocycles. The van der Waals surface area contributed by atoms with Crippen molar-refractivity contribution in [2.45, 2.75) is 38.7 Å². The summed E-state index contributed by atoms with van der Waals surface area (Å²) in [5, 5.41) is 7.11. The predicted octanol–water partition coefficient (Wildman–Crippen LogP) is 3.28. The van der Waals surface area contributed by atoms with Crippen LogP contribution in [0, 0.1) is 0 Å². The molecule has 1 atom stereocenters. The molecule has 0 unspecified atom stereocenters. The molecule has 0 bridgehead atoms. The lowest BCUT2D eigenvalue weighted by Crippen LogP contribution is -2.34. The molecule has 19 heavy (non-hydrogen) atoms. The second kappa shape index (κ2) is 6.87. The van der Waals surface area contributed by atoms with Crippen LogP contribution in [0.1, 0.15) is 38.2 Å². The summed E-state index contributed by atoms with van der Waals surface area (Å²) in [4.78, 5) is 0. The fourth-order valence-corrected chi connectivity index (χ4v) is 2.36. The topological polar surface area (TPSA) is 33.3 Å². The molecule has 4 heteroatoms. The van der Waals surface area contributed by atoms with E-state index in [0.29, 0.717) is 17.1 Å². The van der Waals surface area contributed by atoms with Gasteiger partial charge in [-0.15, -0.1) is 0 Å². The van der Waals surface area contributed by atoms with E-state index in [1.54, 1.807) is 0 Å². The summed E-state index contributed by atoms with van der Waals surface area (Å²) in [7, 11) is 0. The Morgan fingerprint density at radius 3 is 3.00 bits per heavy atom. The largest absolute Gasteiger partial charge is 0.376 e. The molecule has 2 rings (SSSR count). The highest BCUT2D eigenvalue weighted by molar-refractivity contribution is 7.80. The number of nitrogens with one attached hydrogen (secondary N) is 2. The summed E-state index contributed by atoms with van der Waals surface area (Å²) in [5.74, 6) is 0.523. The van der Waals surface area contributed by atoms with E-state index in [2.05, 4.69) is 42.7 Å². The Labute approximate surface area is 120 Å². The third-order valence-electron chi connectivity index (χ3n) is 3.33. The molecule has 1 fully saturated rings. The Morgan fingerprint density at radius 2 is 2.32 bits per heavy atom. The molecule has 1 aliphatic heterocycles. The normalized spacial score (nSPS) is 18.6. The molecule has 2 N–H and O–H groups in total. The lowest BCUT2D eigenvalue weighted by atomic mass is 10.0. The highest BCUT2D eigenvalue weighted by atomic mass is 32.1. The standard InChI is InChI=1S/C15H22N2OS/c1-11(2)12-5-3-6-13(9-12)17-15(19)16-10-14-7-4-8-18-14/h3,5-6,9,11,14H,4,7-8,10H2,1-2H3,(H2,16,17,19)/t14-/m1/s1. The molecule has 104 valence electrons. The minimum Gasteiger partial charge on any atom is -0.376 e. The van der Waals surface area contributed by atoms with E-state index in [4.69, 9.17) is 17.0 Å². The lowest BCUT2D eigenvalue weighted by Gasteiger charge is -2.15. The molecule has 0 radical (unpaired) electrons. The molecular formula is C15H22N2OS. The van der Waals surface area contributed by atoms with E-state index in [9.17, 15) is 0 Å². The Bertz CT molecular complexity index is 428. The van der Waals surface area contributed by atoms with Crippen molar-refractivity contribution in [2.24, 2.45) is 0 Å². The van der Waals surface area contributed by atoms with Gasteiger partial charge in [0.05, 0.1) is 6.10 Å². The minimum absolute atomic E-state index is 0.307. The van der Waals surface area contributed by atoms with Gasteiger partial charge in [0.25, 0.3) is 0 Å². The first kappa shape index (κ1) is 14.3. The molecule has 0 amide bonds. The number of benzene rings is 1. The maximum Gasteiger partial charge on any atom is 0.170 e. The van der Waals surface area contributed by atoms with Crippen LogP contribution in [0.15, 0.2) is 24.3 Å². The van der Waals surface area contributed by atoms with Gasteiger partial charge in [0, 0.05) is 18.8 Å². The van der Waals surface area contributed by atoms with E-state index in [0.717, 1.165) is 31.7 Å². The predicted molar refractivity (Wildman–Crippen MR) is 83.7 cm³/mol. The van der Waals surface area contributed by atoms with Crippen LogP contribution in [0.2, 0.25) is 0 Å². The number of hydrogen-bond acceptors (Lipinski definition) is 2. The molecular weight excluding hydrogens is 256 g/mol. The van der Waals surface area contributed by atoms with Crippen LogP contribution in [0.5, 0.6) is 0 Å². The highest BCUT2D eigenvalue weighted by Gasteiger charge is 2.15. The van der Waals surface area contributed by atoms with Gasteiger partial charge in [-0.25, -0.2) is 0 Å². The molecule has 1 aliphatic rings. The van der Waals surface area contributed by atoms with Crippen molar-refractivity contribution in [1.29, 1.82) is 0 Å². The summed E-state index contributed by atoms with van der Waals surface area (Å²) in [6.45, 7) is 6.04. The molecule has 1 aromatic rings. The zero-order valence-electron chi connectivity index (χ0n) is 11.6. The average molecular weight is 278 g/mol. The second-order valence-electron chi connectivity index (χ2n) is 5.25. The van der Waals surface area contributed by atoms with Gasteiger partial charge in [-0.05, 0) is 48.7 Å². The highest BCUT2D eigenvalue weighted by Crippen LogP contribution is 2.18. The molecule has 1 aromatic carbocycles. The van der Waals surface area contributed by atoms with Crippen LogP contribution >= 0.6 is 12.2 Å². The monoisotopic (exact) mass is 278 g/mol. The number of ether oxygens (including phenoxy) is 1. The first-order valence-corrected chi connectivity index (χ1v) is 7.32. The van der Waals surface area contributed by atoms with Crippen LogP contribution in [-0.4, -0.2) is 24.4 Å². The van der Waals surface area contributed by atoms with Gasteiger partial charge in [0.15, 0.2) is 5.11 Å². The zero-order chi connectivity index (χ0) is 13.7. The quantitative estimate of drug-likeness (QED) is 0.828. The number of thiocarbonyl (C=S) groups is 1. The summed E-state index contributed by atoms with van der Waals surface area (Å²) in [5.41, 5.74) is 2.35. The average Bonchev–Trinajstić information content (AvgIpc) is 2.90. The van der Waals surface area contributed by atoms with Crippen LogP contribution in [0.25, 0.3) is 0 Å². The molecule has 0 aliphatic carbocycles. The van der Waals surface area contributed by atoms with E-state index >= 15 is 0 Å². The Kier molecular flexibility index (Phi) is 5.16. The van der Waals surface area contributed by atoms with Crippen LogP contribution in [-0.2, 0) is 4.74 Å². The Balaban J connectivity index is 1.82. The Morgan fingerprint density at radius 1 is 1.47 bits per heavy atom. The smallest absolute Gasteiger partial charge is 0.170 e. The lowest BCUT2D eigenvalue weighted by molar-refractivity contribution is 0.114. The van der Waals surface area contributed by atoms with Crippen LogP contribution in [0.4, 0.5) is 5.69 Å². The van der Waals surface area contributed by atoms with E-state index < -0.39 is 0 Å². The molecule has 3 nitrogen and oxygen atoms in total. The minimum atomic E-state index is 0.307. The van der Waals surface area contributed by atoms with Crippen LogP contribution in [0.3, 0.4) is 0 Å². The summed E-state index contributed by atoms with van der Waals surface area (Å²) in [6, 6.07) is 8.37. The third kappa shape index (κ3) is 4.48. The van der Waals surface area contributed by atoms with Gasteiger partial charge in [-0.2, -0.15) is 0 Å². The van der Waals surface area contributed by atoms with E-state index in [-0.39, 0.29) is 0 Å². The SMILES string of the molecule is CC(C)c1cccc(NC(=S)NC[C@H]2CCCO2)c1. The van der Waals surface area contributed by atoms with Crippen molar-refractivity contribution < 1.29 is 4.74 Å². The van der Waals surface area contributed by atoms with Crippen molar-refractivity contribution in [3.63, 3.8) is 0 Å². The summed E-state index contributed by atoms with van der Waals surface area (Å²) in [6.07, 6.45) is 2.59. The summed E-state index contributed by atoms with van der Waals surface area (Å²) < 4.78 is 5.55. The van der Waals surface area contributed by atoms with Crippen molar-refractivity contribution >= 4 is 23.0 Å². The first-order valence-electron chi connectivity index (χ1n) is 6.91. The van der Waals surface area contributed by atoms with Gasteiger partial charge in [0.2, 0.25) is 0 Å². The Hall–Kier alpha value is -1.13. The fourth-order valence-electron chi connectivity index (χ4n) is 2.16. The van der Waals surface area contributed by atoms with Crippen molar-refractivity contribution in [3.05, 3.63) is 29.8 Å². The molecule has 1 heterocycles. The van der Waals surface area contributed by atoms with Crippen LogP contribution < -0.4 is 10.6 Å². The number of rotatable bonds is 4. The van der Waals surface area contributed by atoms with Gasteiger partial charge >= 0.3 is 0 Å². The van der Waals surface area contributed by atoms with Crippen molar-refractivity contribution in [3.8, 4) is 0 Å². The third-order valence-corrected chi connectivity index (χ3v) is 3.57. The van der Waals surface area contributed by atoms with Gasteiger partial charge in [-0.1, -0.05) is 26.0 Å². The molecule has 1 saturated heterocycles. The second-order valence-corrected chi connectivity index (χ2v) is 5.66. The van der Waals surface area contributed by atoms with Crippen molar-refractivity contribution in [1.82, 2.24) is 5.32 Å². The maximum absolute atomic E-state index is 5.55. The maximum atomic E-state index is 5.55.